The molecule has 3 aromatic heterocycles. The van der Waals surface area contributed by atoms with Crippen LogP contribution in [0, 0.1) is 11.3 Å². The molecular formula is C20H17F3N6O3. The quantitative estimate of drug-likeness (QED) is 0.547. The summed E-state index contributed by atoms with van der Waals surface area (Å²) in [5.41, 5.74) is 2.75. The normalized spacial score (nSPS) is 19.5. The summed E-state index contributed by atoms with van der Waals surface area (Å²) in [6.07, 6.45) is 0.974. The Morgan fingerprint density at radius 2 is 1.91 bits per heavy atom. The molecule has 9 nitrogen and oxygen atoms in total. The van der Waals surface area contributed by atoms with Crippen molar-refractivity contribution in [1.29, 1.82) is 5.26 Å². The van der Waals surface area contributed by atoms with E-state index in [2.05, 4.69) is 26.4 Å². The third kappa shape index (κ3) is 4.15. The number of rotatable bonds is 2. The highest BCUT2D eigenvalue weighted by Gasteiger charge is 2.38. The van der Waals surface area contributed by atoms with Crippen LogP contribution in [0.2, 0.25) is 0 Å². The number of nitrogens with zero attached hydrogens (tertiary/aromatic N) is 5. The number of fused-ring (bicyclic) bond motifs is 3. The van der Waals surface area contributed by atoms with Crippen molar-refractivity contribution in [3.63, 3.8) is 0 Å². The van der Waals surface area contributed by atoms with Crippen LogP contribution in [0.5, 0.6) is 5.75 Å². The Morgan fingerprint density at radius 3 is 2.44 bits per heavy atom. The van der Waals surface area contributed by atoms with Gasteiger partial charge in [0.05, 0.1) is 23.5 Å². The fraction of sp³-hybridized carbons (Fsp3) is 0.300. The van der Waals surface area contributed by atoms with Crippen molar-refractivity contribution in [3.05, 3.63) is 42.4 Å². The van der Waals surface area contributed by atoms with Crippen LogP contribution >= 0.6 is 0 Å². The molecule has 0 radical (unpaired) electrons. The molecule has 3 fully saturated rings. The average molecular weight is 446 g/mol. The number of carboxylic acids is 1. The Kier molecular flexibility index (Phi) is 5.35. The largest absolute Gasteiger partial charge is 0.506 e. The summed E-state index contributed by atoms with van der Waals surface area (Å²) in [6.45, 7) is 1.97. The Hall–Kier alpha value is -3.85. The number of nitriles is 1. The number of aromatic hydroxyl groups is 1. The zero-order valence-corrected chi connectivity index (χ0v) is 16.4. The smallest absolute Gasteiger partial charge is 0.490 e. The number of alkyl halides is 3. The second-order valence-corrected chi connectivity index (χ2v) is 7.48. The van der Waals surface area contributed by atoms with Gasteiger partial charge in [-0.2, -0.15) is 23.5 Å². The van der Waals surface area contributed by atoms with E-state index >= 15 is 0 Å². The standard InChI is InChI=1S/C18H16N6O.C2HF3O2/c19-5-12-7-21-24-10-15(25)4-16(18(12)24)11-1-2-17(20-6-11)23-8-13-3-14(9-23)22-13;3-2(4,5)1(6)7/h1-2,4,6-7,10,13-14,22,25H,3,8-9H2;(H,6,7). The minimum atomic E-state index is -5.08. The van der Waals surface area contributed by atoms with E-state index in [4.69, 9.17) is 9.90 Å². The molecule has 2 bridgehead atoms. The van der Waals surface area contributed by atoms with Crippen LogP contribution < -0.4 is 10.2 Å². The number of hydrogen-bond donors (Lipinski definition) is 3. The number of carbonyl (C=O) groups is 1. The number of carboxylic acid groups (broad SMARTS) is 1. The molecule has 6 rings (SSSR count). The van der Waals surface area contributed by atoms with E-state index in [1.807, 2.05) is 12.1 Å². The second-order valence-electron chi connectivity index (χ2n) is 7.48. The van der Waals surface area contributed by atoms with Crippen molar-refractivity contribution in [1.82, 2.24) is 19.9 Å². The number of piperidine rings is 1. The number of pyridine rings is 2. The van der Waals surface area contributed by atoms with Crippen molar-refractivity contribution in [3.8, 4) is 22.9 Å². The van der Waals surface area contributed by atoms with Gasteiger partial charge < -0.3 is 20.4 Å². The maximum absolute atomic E-state index is 10.6. The number of aliphatic carboxylic acids is 1. The summed E-state index contributed by atoms with van der Waals surface area (Å²) in [5.74, 6) is -1.70. The summed E-state index contributed by atoms with van der Waals surface area (Å²) in [4.78, 5) is 15.8. The van der Waals surface area contributed by atoms with Crippen molar-refractivity contribution in [2.45, 2.75) is 24.7 Å². The molecule has 3 N–H and O–H groups in total. The summed E-state index contributed by atoms with van der Waals surface area (Å²) in [6, 6.07) is 8.95. The fourth-order valence-corrected chi connectivity index (χ4v) is 3.84. The molecule has 3 aromatic rings. The first kappa shape index (κ1) is 21.4. The molecule has 0 amide bonds. The van der Waals surface area contributed by atoms with Gasteiger partial charge in [0.15, 0.2) is 0 Å². The Labute approximate surface area is 179 Å². The highest BCUT2D eigenvalue weighted by atomic mass is 19.4. The topological polar surface area (TPSA) is 127 Å². The predicted octanol–water partition coefficient (Wildman–Crippen LogP) is 2.16. The number of halogens is 3. The van der Waals surface area contributed by atoms with E-state index in [0.29, 0.717) is 23.2 Å². The molecule has 0 saturated carbocycles. The van der Waals surface area contributed by atoms with E-state index < -0.39 is 12.1 Å². The summed E-state index contributed by atoms with van der Waals surface area (Å²) < 4.78 is 33.3. The molecule has 166 valence electrons. The van der Waals surface area contributed by atoms with Crippen molar-refractivity contribution >= 4 is 17.3 Å². The van der Waals surface area contributed by atoms with Crippen LogP contribution in [-0.4, -0.2) is 62.1 Å². The Bertz CT molecular complexity index is 1190. The first-order valence-corrected chi connectivity index (χ1v) is 9.53. The fourth-order valence-electron chi connectivity index (χ4n) is 3.84. The average Bonchev–Trinajstić information content (AvgIpc) is 3.15. The molecule has 0 aromatic carbocycles. The van der Waals surface area contributed by atoms with E-state index in [0.717, 1.165) is 30.0 Å². The lowest BCUT2D eigenvalue weighted by atomic mass is 9.91. The lowest BCUT2D eigenvalue weighted by Gasteiger charge is -2.48. The zero-order chi connectivity index (χ0) is 23.0. The lowest BCUT2D eigenvalue weighted by Crippen LogP contribution is -2.67. The van der Waals surface area contributed by atoms with Gasteiger partial charge in [0.1, 0.15) is 17.6 Å². The Morgan fingerprint density at radius 1 is 1.25 bits per heavy atom. The molecule has 12 heteroatoms. The zero-order valence-electron chi connectivity index (χ0n) is 16.4. The third-order valence-electron chi connectivity index (χ3n) is 5.27. The highest BCUT2D eigenvalue weighted by molar-refractivity contribution is 5.85. The molecule has 3 aliphatic heterocycles. The molecular weight excluding hydrogens is 429 g/mol. The molecule has 3 aliphatic rings. The van der Waals surface area contributed by atoms with Crippen LogP contribution in [0.3, 0.4) is 0 Å². The van der Waals surface area contributed by atoms with E-state index in [1.165, 1.54) is 23.3 Å². The van der Waals surface area contributed by atoms with E-state index in [-0.39, 0.29) is 5.75 Å². The Balaban J connectivity index is 0.000000307. The van der Waals surface area contributed by atoms with Crippen molar-refractivity contribution in [2.75, 3.05) is 18.0 Å². The molecule has 32 heavy (non-hydrogen) atoms. The number of anilines is 1. The van der Waals surface area contributed by atoms with Crippen molar-refractivity contribution < 1.29 is 28.2 Å². The van der Waals surface area contributed by atoms with Gasteiger partial charge in [-0.1, -0.05) is 0 Å². The molecule has 3 saturated heterocycles. The maximum atomic E-state index is 10.6. The van der Waals surface area contributed by atoms with E-state index in [1.54, 1.807) is 12.3 Å². The van der Waals surface area contributed by atoms with Gasteiger partial charge in [0.2, 0.25) is 0 Å². The SMILES string of the molecule is N#Cc1cnn2cc(O)cc(-c3ccc(N4CC5CC(C4)N5)nc3)c12.O=C(O)C(F)(F)F. The van der Waals surface area contributed by atoms with Crippen LogP contribution in [0.4, 0.5) is 19.0 Å². The summed E-state index contributed by atoms with van der Waals surface area (Å²) in [5, 5.41) is 34.1. The molecule has 6 heterocycles. The van der Waals surface area contributed by atoms with E-state index in [9.17, 15) is 23.5 Å². The van der Waals surface area contributed by atoms with Crippen LogP contribution in [-0.2, 0) is 4.79 Å². The van der Waals surface area contributed by atoms with Gasteiger partial charge in [-0.3, -0.25) is 0 Å². The highest BCUT2D eigenvalue weighted by Crippen LogP contribution is 2.31. The monoisotopic (exact) mass is 446 g/mol. The van der Waals surface area contributed by atoms with Gasteiger partial charge in [0.25, 0.3) is 0 Å². The van der Waals surface area contributed by atoms with Gasteiger partial charge in [0, 0.05) is 42.5 Å². The second kappa shape index (κ2) is 8.01. The summed E-state index contributed by atoms with van der Waals surface area (Å²) >= 11 is 0. The molecule has 0 aliphatic carbocycles. The van der Waals surface area contributed by atoms with Crippen LogP contribution in [0.25, 0.3) is 16.6 Å². The van der Waals surface area contributed by atoms with Crippen LogP contribution in [0.15, 0.2) is 36.8 Å². The maximum Gasteiger partial charge on any atom is 0.490 e. The predicted molar refractivity (Wildman–Crippen MR) is 106 cm³/mol. The van der Waals surface area contributed by atoms with Gasteiger partial charge in [-0.25, -0.2) is 14.3 Å². The van der Waals surface area contributed by atoms with Crippen molar-refractivity contribution in [2.24, 2.45) is 0 Å². The van der Waals surface area contributed by atoms with Gasteiger partial charge in [-0.15, -0.1) is 0 Å². The minimum Gasteiger partial charge on any atom is -0.506 e. The van der Waals surface area contributed by atoms with Gasteiger partial charge >= 0.3 is 12.1 Å². The first-order valence-electron chi connectivity index (χ1n) is 9.53. The summed E-state index contributed by atoms with van der Waals surface area (Å²) in [7, 11) is 0. The van der Waals surface area contributed by atoms with Gasteiger partial charge in [-0.05, 0) is 24.6 Å². The number of hydrogen-bond acceptors (Lipinski definition) is 7. The third-order valence-corrected chi connectivity index (χ3v) is 5.27. The lowest BCUT2D eigenvalue weighted by molar-refractivity contribution is -0.192. The van der Waals surface area contributed by atoms with Crippen LogP contribution in [0.1, 0.15) is 12.0 Å². The minimum absolute atomic E-state index is 0.0985. The first-order chi connectivity index (χ1) is 15.2. The number of piperazine rings is 1. The number of nitrogens with one attached hydrogen (secondary N) is 1. The molecule has 2 atom stereocenters. The molecule has 0 spiro atoms. The molecule has 2 unspecified atom stereocenters. The number of aromatic nitrogens is 3.